The molecule has 0 amide bonds. The van der Waals surface area contributed by atoms with Crippen molar-refractivity contribution in [2.75, 3.05) is 0 Å². The van der Waals surface area contributed by atoms with E-state index in [0.717, 1.165) is 12.8 Å². The zero-order valence-corrected chi connectivity index (χ0v) is 7.51. The Morgan fingerprint density at radius 1 is 1.17 bits per heavy atom. The van der Waals surface area contributed by atoms with Crippen molar-refractivity contribution >= 4 is 0 Å². The van der Waals surface area contributed by atoms with E-state index in [4.69, 9.17) is 0 Å². The molecule has 1 saturated carbocycles. The maximum absolute atomic E-state index is 3.98. The molecule has 0 radical (unpaired) electrons. The van der Waals surface area contributed by atoms with Gasteiger partial charge in [0.15, 0.2) is 0 Å². The molecule has 1 aliphatic carbocycles. The average molecular weight is 158 g/mol. The van der Waals surface area contributed by atoms with Crippen LogP contribution in [0.1, 0.15) is 25.3 Å². The van der Waals surface area contributed by atoms with Gasteiger partial charge < -0.3 is 0 Å². The summed E-state index contributed by atoms with van der Waals surface area (Å²) in [4.78, 5) is 0. The zero-order valence-electron chi connectivity index (χ0n) is 7.51. The lowest BCUT2D eigenvalue weighted by Gasteiger charge is -2.41. The summed E-state index contributed by atoms with van der Waals surface area (Å²) >= 11 is 0. The summed E-state index contributed by atoms with van der Waals surface area (Å²) in [5.74, 6) is 0. The lowest BCUT2D eigenvalue weighted by Crippen LogP contribution is -2.32. The molecule has 1 aliphatic rings. The molecular weight excluding hydrogens is 144 g/mol. The van der Waals surface area contributed by atoms with Gasteiger partial charge in [-0.25, -0.2) is 0 Å². The van der Waals surface area contributed by atoms with Gasteiger partial charge in [-0.2, -0.15) is 0 Å². The summed E-state index contributed by atoms with van der Waals surface area (Å²) in [5, 5.41) is 0. The summed E-state index contributed by atoms with van der Waals surface area (Å²) in [6.45, 7) is 6.30. The molecule has 1 fully saturated rings. The third-order valence-electron chi connectivity index (χ3n) is 2.75. The highest BCUT2D eigenvalue weighted by Gasteiger charge is 2.35. The van der Waals surface area contributed by atoms with Crippen LogP contribution in [0.4, 0.5) is 0 Å². The zero-order chi connectivity index (χ0) is 8.60. The van der Waals surface area contributed by atoms with E-state index in [2.05, 4.69) is 43.8 Å². The molecule has 12 heavy (non-hydrogen) atoms. The molecule has 0 atom stereocenters. The molecule has 0 aliphatic heterocycles. The van der Waals surface area contributed by atoms with Crippen LogP contribution < -0.4 is 0 Å². The lowest BCUT2D eigenvalue weighted by molar-refractivity contribution is 0.368. The highest BCUT2D eigenvalue weighted by molar-refractivity contribution is 5.34. The number of hydrogen-bond acceptors (Lipinski definition) is 0. The third-order valence-corrected chi connectivity index (χ3v) is 2.75. The summed E-state index contributed by atoms with van der Waals surface area (Å²) in [7, 11) is 0. The second-order valence-corrected chi connectivity index (χ2v) is 4.03. The molecule has 0 heterocycles. The highest BCUT2D eigenvalue weighted by atomic mass is 14.4. The highest BCUT2D eigenvalue weighted by Crippen LogP contribution is 2.45. The van der Waals surface area contributed by atoms with Crippen LogP contribution in [0.5, 0.6) is 0 Å². The average Bonchev–Trinajstić information content (AvgIpc) is 2.04. The van der Waals surface area contributed by atoms with Gasteiger partial charge in [-0.1, -0.05) is 49.4 Å². The molecule has 0 heteroatoms. The van der Waals surface area contributed by atoms with Crippen molar-refractivity contribution in [3.05, 3.63) is 48.0 Å². The second kappa shape index (κ2) is 2.48. The lowest BCUT2D eigenvalue weighted by atomic mass is 9.63. The smallest absolute Gasteiger partial charge is 0.000127 e. The van der Waals surface area contributed by atoms with E-state index in [-0.39, 0.29) is 0 Å². The van der Waals surface area contributed by atoms with Crippen molar-refractivity contribution in [3.8, 4) is 0 Å². The fraction of sp³-hybridized carbons (Fsp3) is 0.333. The molecule has 2 rings (SSSR count). The molecule has 0 aromatic heterocycles. The van der Waals surface area contributed by atoms with E-state index in [0.29, 0.717) is 5.41 Å². The van der Waals surface area contributed by atoms with Gasteiger partial charge in [0.2, 0.25) is 0 Å². The second-order valence-electron chi connectivity index (χ2n) is 4.03. The third kappa shape index (κ3) is 1.08. The van der Waals surface area contributed by atoms with Crippen LogP contribution in [0.25, 0.3) is 0 Å². The van der Waals surface area contributed by atoms with Gasteiger partial charge in [0, 0.05) is 0 Å². The van der Waals surface area contributed by atoms with Crippen molar-refractivity contribution < 1.29 is 0 Å². The molecule has 0 saturated heterocycles. The fourth-order valence-electron chi connectivity index (χ4n) is 2.10. The molecule has 0 unspecified atom stereocenters. The molecule has 1 aromatic carbocycles. The van der Waals surface area contributed by atoms with Crippen molar-refractivity contribution in [1.29, 1.82) is 0 Å². The van der Waals surface area contributed by atoms with Crippen molar-refractivity contribution in [3.63, 3.8) is 0 Å². The largest absolute Gasteiger partial charge is 0.0998 e. The van der Waals surface area contributed by atoms with Crippen LogP contribution in [0.2, 0.25) is 0 Å². The number of rotatable bonds is 1. The fourth-order valence-corrected chi connectivity index (χ4v) is 2.10. The van der Waals surface area contributed by atoms with Crippen LogP contribution in [0, 0.1) is 0 Å². The minimum atomic E-state index is 0.387. The first kappa shape index (κ1) is 7.60. The standard InChI is InChI=1S/C12H14/c1-10-8-12(2,9-10)11-6-4-3-5-7-11/h3-7H,1,8-9H2,2H3. The first-order chi connectivity index (χ1) is 5.71. The maximum atomic E-state index is 3.98. The topological polar surface area (TPSA) is 0 Å². The Morgan fingerprint density at radius 3 is 2.25 bits per heavy atom. The quantitative estimate of drug-likeness (QED) is 0.550. The van der Waals surface area contributed by atoms with Gasteiger partial charge in [-0.05, 0) is 23.8 Å². The number of benzene rings is 1. The minimum absolute atomic E-state index is 0.387. The molecule has 1 aromatic rings. The van der Waals surface area contributed by atoms with E-state index in [1.54, 1.807) is 0 Å². The Kier molecular flexibility index (Phi) is 1.57. The predicted molar refractivity (Wildman–Crippen MR) is 52.2 cm³/mol. The summed E-state index contributed by atoms with van der Waals surface area (Å²) in [6, 6.07) is 10.7. The maximum Gasteiger partial charge on any atom is -0.000127 e. The van der Waals surface area contributed by atoms with Gasteiger partial charge in [0.05, 0.1) is 0 Å². The number of hydrogen-bond donors (Lipinski definition) is 0. The minimum Gasteiger partial charge on any atom is -0.0998 e. The Labute approximate surface area is 73.9 Å². The van der Waals surface area contributed by atoms with Gasteiger partial charge in [0.25, 0.3) is 0 Å². The van der Waals surface area contributed by atoms with E-state index in [1.165, 1.54) is 11.1 Å². The van der Waals surface area contributed by atoms with Crippen LogP contribution >= 0.6 is 0 Å². The SMILES string of the molecule is C=C1CC(C)(c2ccccc2)C1. The monoisotopic (exact) mass is 158 g/mol. The van der Waals surface area contributed by atoms with E-state index >= 15 is 0 Å². The van der Waals surface area contributed by atoms with E-state index in [1.807, 2.05) is 0 Å². The molecule has 0 nitrogen and oxygen atoms in total. The normalized spacial score (nSPS) is 20.2. The van der Waals surface area contributed by atoms with Crippen LogP contribution in [0.15, 0.2) is 42.5 Å². The van der Waals surface area contributed by atoms with Gasteiger partial charge in [0.1, 0.15) is 0 Å². The summed E-state index contributed by atoms with van der Waals surface area (Å²) in [6.07, 6.45) is 2.33. The Bertz CT molecular complexity index is 287. The molecule has 0 bridgehead atoms. The van der Waals surface area contributed by atoms with Crippen molar-refractivity contribution in [2.45, 2.75) is 25.2 Å². The summed E-state index contributed by atoms with van der Waals surface area (Å²) < 4.78 is 0. The first-order valence-corrected chi connectivity index (χ1v) is 4.43. The van der Waals surface area contributed by atoms with Crippen LogP contribution in [0.3, 0.4) is 0 Å². The predicted octanol–water partition coefficient (Wildman–Crippen LogP) is 3.29. The molecular formula is C12H14. The molecule has 62 valence electrons. The van der Waals surface area contributed by atoms with E-state index in [9.17, 15) is 0 Å². The Morgan fingerprint density at radius 2 is 1.75 bits per heavy atom. The van der Waals surface area contributed by atoms with Gasteiger partial charge in [-0.15, -0.1) is 0 Å². The van der Waals surface area contributed by atoms with Crippen molar-refractivity contribution in [2.24, 2.45) is 0 Å². The molecule has 0 N–H and O–H groups in total. The first-order valence-electron chi connectivity index (χ1n) is 4.43. The van der Waals surface area contributed by atoms with Gasteiger partial charge >= 0.3 is 0 Å². The van der Waals surface area contributed by atoms with Gasteiger partial charge in [-0.3, -0.25) is 0 Å². The Hall–Kier alpha value is -1.04. The molecule has 0 spiro atoms. The van der Waals surface area contributed by atoms with Crippen LogP contribution in [-0.4, -0.2) is 0 Å². The Balaban J connectivity index is 2.27. The number of allylic oxidation sites excluding steroid dienone is 1. The summed E-state index contributed by atoms with van der Waals surface area (Å²) in [5.41, 5.74) is 3.23. The van der Waals surface area contributed by atoms with Crippen molar-refractivity contribution in [1.82, 2.24) is 0 Å². The van der Waals surface area contributed by atoms with Crippen LogP contribution in [-0.2, 0) is 5.41 Å². The van der Waals surface area contributed by atoms with E-state index < -0.39 is 0 Å².